The highest BCUT2D eigenvalue weighted by molar-refractivity contribution is 6.16. The molecule has 0 saturated heterocycles. The predicted molar refractivity (Wildman–Crippen MR) is 31.3 cm³/mol. The molecule has 1 aliphatic heterocycles. The monoisotopic (exact) mass is 96.1 g/mol. The zero-order valence-corrected chi connectivity index (χ0v) is 4.33. The van der Waals surface area contributed by atoms with Crippen LogP contribution in [0.1, 0.15) is 6.92 Å². The van der Waals surface area contributed by atoms with Crippen molar-refractivity contribution in [2.24, 2.45) is 9.98 Å². The lowest BCUT2D eigenvalue weighted by molar-refractivity contribution is 0.756. The second-order valence-corrected chi connectivity index (χ2v) is 1.66. The van der Waals surface area contributed by atoms with Crippen LogP contribution in [-0.4, -0.2) is 25.0 Å². The van der Waals surface area contributed by atoms with Crippen LogP contribution in [0.15, 0.2) is 9.98 Å². The van der Waals surface area contributed by atoms with E-state index in [4.69, 9.17) is 0 Å². The molecule has 0 aromatic heterocycles. The Morgan fingerprint density at radius 3 is 2.71 bits per heavy atom. The first-order chi connectivity index (χ1) is 3.39. The molecule has 0 spiro atoms. The highest BCUT2D eigenvalue weighted by atomic mass is 14.9. The molecule has 1 heterocycles. The van der Waals surface area contributed by atoms with Crippen molar-refractivity contribution in [3.63, 3.8) is 0 Å². The van der Waals surface area contributed by atoms with E-state index in [0.29, 0.717) is 6.04 Å². The molecule has 0 N–H and O–H groups in total. The van der Waals surface area contributed by atoms with Gasteiger partial charge in [0.05, 0.1) is 12.6 Å². The molecule has 2 nitrogen and oxygen atoms in total. The van der Waals surface area contributed by atoms with Crippen LogP contribution in [0.3, 0.4) is 0 Å². The van der Waals surface area contributed by atoms with Gasteiger partial charge in [-0.05, 0) is 6.92 Å². The van der Waals surface area contributed by atoms with Gasteiger partial charge < -0.3 is 0 Å². The van der Waals surface area contributed by atoms with Crippen LogP contribution in [0.25, 0.3) is 0 Å². The van der Waals surface area contributed by atoms with Gasteiger partial charge in [-0.1, -0.05) is 0 Å². The van der Waals surface area contributed by atoms with Gasteiger partial charge in [0.1, 0.15) is 0 Å². The van der Waals surface area contributed by atoms with E-state index in [-0.39, 0.29) is 0 Å². The highest BCUT2D eigenvalue weighted by Gasteiger charge is 1.95. The maximum atomic E-state index is 4.06. The summed E-state index contributed by atoms with van der Waals surface area (Å²) in [5, 5.41) is 0. The quantitative estimate of drug-likeness (QED) is 0.420. The SMILES string of the molecule is C[C@H]1CN=CC=N1. The Hall–Kier alpha value is -0.660. The van der Waals surface area contributed by atoms with Crippen LogP contribution in [0.5, 0.6) is 0 Å². The van der Waals surface area contributed by atoms with Gasteiger partial charge in [-0.15, -0.1) is 0 Å². The van der Waals surface area contributed by atoms with Crippen molar-refractivity contribution in [1.29, 1.82) is 0 Å². The fourth-order valence-electron chi connectivity index (χ4n) is 0.493. The normalized spacial score (nSPS) is 28.4. The van der Waals surface area contributed by atoms with Crippen molar-refractivity contribution in [3.05, 3.63) is 0 Å². The van der Waals surface area contributed by atoms with E-state index in [0.717, 1.165) is 6.54 Å². The first kappa shape index (κ1) is 4.50. The maximum Gasteiger partial charge on any atom is 0.0667 e. The molecule has 0 fully saturated rings. The van der Waals surface area contributed by atoms with E-state index in [9.17, 15) is 0 Å². The Kier molecular flexibility index (Phi) is 1.20. The third kappa shape index (κ3) is 1.11. The number of aliphatic imine (C=N–C) groups is 2. The van der Waals surface area contributed by atoms with Gasteiger partial charge >= 0.3 is 0 Å². The first-order valence-electron chi connectivity index (χ1n) is 2.41. The third-order valence-corrected chi connectivity index (χ3v) is 0.882. The van der Waals surface area contributed by atoms with Crippen LogP contribution in [-0.2, 0) is 0 Å². The fourth-order valence-corrected chi connectivity index (χ4v) is 0.493. The second kappa shape index (κ2) is 1.87. The molecule has 7 heavy (non-hydrogen) atoms. The Balaban J connectivity index is 2.49. The molecule has 0 bridgehead atoms. The van der Waals surface area contributed by atoms with E-state index in [2.05, 4.69) is 9.98 Å². The third-order valence-electron chi connectivity index (χ3n) is 0.882. The van der Waals surface area contributed by atoms with Crippen molar-refractivity contribution in [1.82, 2.24) is 0 Å². The van der Waals surface area contributed by atoms with Gasteiger partial charge in [-0.2, -0.15) is 0 Å². The minimum absolute atomic E-state index is 0.407. The maximum absolute atomic E-state index is 4.06. The van der Waals surface area contributed by atoms with Crippen LogP contribution in [0.2, 0.25) is 0 Å². The average molecular weight is 96.1 g/mol. The van der Waals surface area contributed by atoms with Gasteiger partial charge in [0.2, 0.25) is 0 Å². The Morgan fingerprint density at radius 2 is 2.43 bits per heavy atom. The summed E-state index contributed by atoms with van der Waals surface area (Å²) in [6.07, 6.45) is 3.48. The lowest BCUT2D eigenvalue weighted by atomic mass is 10.3. The van der Waals surface area contributed by atoms with Gasteiger partial charge in [0.15, 0.2) is 0 Å². The summed E-state index contributed by atoms with van der Waals surface area (Å²) in [6, 6.07) is 0.407. The summed E-state index contributed by atoms with van der Waals surface area (Å²) in [4.78, 5) is 8.04. The Morgan fingerprint density at radius 1 is 1.57 bits per heavy atom. The minimum atomic E-state index is 0.407. The first-order valence-corrected chi connectivity index (χ1v) is 2.41. The molecule has 38 valence electrons. The molecule has 1 rings (SSSR count). The summed E-state index contributed by atoms with van der Waals surface area (Å²) < 4.78 is 0. The topological polar surface area (TPSA) is 24.7 Å². The molecule has 1 aliphatic rings. The number of nitrogens with zero attached hydrogens (tertiary/aromatic N) is 2. The molecule has 0 amide bonds. The summed E-state index contributed by atoms with van der Waals surface area (Å²) in [6.45, 7) is 2.91. The molecular formula is C5H8N2. The number of hydrogen-bond donors (Lipinski definition) is 0. The lowest BCUT2D eigenvalue weighted by Crippen LogP contribution is -2.07. The van der Waals surface area contributed by atoms with Crippen molar-refractivity contribution >= 4 is 12.4 Å². The lowest BCUT2D eigenvalue weighted by Gasteiger charge is -2.01. The molecule has 0 radical (unpaired) electrons. The largest absolute Gasteiger partial charge is 0.289 e. The van der Waals surface area contributed by atoms with Crippen LogP contribution in [0, 0.1) is 0 Å². The van der Waals surface area contributed by atoms with Crippen molar-refractivity contribution < 1.29 is 0 Å². The highest BCUT2D eigenvalue weighted by Crippen LogP contribution is 1.90. The zero-order chi connectivity index (χ0) is 5.11. The smallest absolute Gasteiger partial charge is 0.0667 e. The van der Waals surface area contributed by atoms with Gasteiger partial charge in [0.25, 0.3) is 0 Å². The van der Waals surface area contributed by atoms with Gasteiger partial charge in [0, 0.05) is 12.4 Å². The zero-order valence-electron chi connectivity index (χ0n) is 4.33. The molecule has 0 aromatic rings. The Bertz CT molecular complexity index is 105. The Labute approximate surface area is 43.0 Å². The second-order valence-electron chi connectivity index (χ2n) is 1.66. The van der Waals surface area contributed by atoms with Crippen molar-refractivity contribution in [2.45, 2.75) is 13.0 Å². The summed E-state index contributed by atoms with van der Waals surface area (Å²) in [7, 11) is 0. The minimum Gasteiger partial charge on any atom is -0.289 e. The van der Waals surface area contributed by atoms with Gasteiger partial charge in [-0.25, -0.2) is 0 Å². The number of hydrogen-bond acceptors (Lipinski definition) is 2. The van der Waals surface area contributed by atoms with E-state index >= 15 is 0 Å². The van der Waals surface area contributed by atoms with Crippen LogP contribution in [0.4, 0.5) is 0 Å². The molecule has 0 aliphatic carbocycles. The predicted octanol–water partition coefficient (Wildman–Crippen LogP) is 0.530. The molecule has 1 atom stereocenters. The van der Waals surface area contributed by atoms with Crippen LogP contribution < -0.4 is 0 Å². The van der Waals surface area contributed by atoms with E-state index < -0.39 is 0 Å². The molecule has 0 unspecified atom stereocenters. The van der Waals surface area contributed by atoms with Crippen molar-refractivity contribution in [2.75, 3.05) is 6.54 Å². The molecule has 0 saturated carbocycles. The van der Waals surface area contributed by atoms with Gasteiger partial charge in [-0.3, -0.25) is 9.98 Å². The summed E-state index contributed by atoms with van der Waals surface area (Å²) in [5.74, 6) is 0. The van der Waals surface area contributed by atoms with E-state index in [1.165, 1.54) is 0 Å². The number of rotatable bonds is 0. The van der Waals surface area contributed by atoms with Crippen molar-refractivity contribution in [3.8, 4) is 0 Å². The summed E-state index contributed by atoms with van der Waals surface area (Å²) >= 11 is 0. The molecule has 2 heteroatoms. The summed E-state index contributed by atoms with van der Waals surface area (Å²) in [5.41, 5.74) is 0. The van der Waals surface area contributed by atoms with Crippen LogP contribution >= 0.6 is 0 Å². The van der Waals surface area contributed by atoms with E-state index in [1.807, 2.05) is 6.92 Å². The average Bonchev–Trinajstić information content (AvgIpc) is 1.69. The molecular weight excluding hydrogens is 88.1 g/mol. The van der Waals surface area contributed by atoms with E-state index in [1.54, 1.807) is 12.4 Å². The molecule has 0 aromatic carbocycles. The fraction of sp³-hybridized carbons (Fsp3) is 0.600. The standard InChI is InChI=1S/C5H8N2/c1-5-4-6-2-3-7-5/h2-3,5H,4H2,1H3/t5-/m0/s1.